The van der Waals surface area contributed by atoms with Gasteiger partial charge in [0.1, 0.15) is 0 Å². The molecule has 1 unspecified atom stereocenters. The van der Waals surface area contributed by atoms with E-state index in [2.05, 4.69) is 46.8 Å². The highest BCUT2D eigenvalue weighted by Gasteiger charge is 2.15. The number of fused-ring (bicyclic) bond motifs is 1. The van der Waals surface area contributed by atoms with Gasteiger partial charge in [-0.2, -0.15) is 0 Å². The molecule has 3 nitrogen and oxygen atoms in total. The van der Waals surface area contributed by atoms with E-state index < -0.39 is 0 Å². The highest BCUT2D eigenvalue weighted by Crippen LogP contribution is 2.28. The smallest absolute Gasteiger partial charge is 0.0595 e. The van der Waals surface area contributed by atoms with Gasteiger partial charge < -0.3 is 16.0 Å². The minimum absolute atomic E-state index is 0.164. The topological polar surface area (TPSA) is 53.8 Å². The Kier molecular flexibility index (Phi) is 2.97. The fourth-order valence-corrected chi connectivity index (χ4v) is 2.52. The summed E-state index contributed by atoms with van der Waals surface area (Å²) in [7, 11) is 1.97. The van der Waals surface area contributed by atoms with E-state index in [9.17, 15) is 0 Å². The molecule has 3 rings (SSSR count). The average molecular weight is 251 g/mol. The molecule has 0 fully saturated rings. The average Bonchev–Trinajstić information content (AvgIpc) is 2.86. The molecule has 3 heteroatoms. The lowest BCUT2D eigenvalue weighted by Gasteiger charge is -2.16. The molecule has 0 spiro atoms. The molecular weight excluding hydrogens is 234 g/mol. The molecule has 0 bridgehead atoms. The molecule has 0 radical (unpaired) electrons. The second kappa shape index (κ2) is 4.78. The number of nitrogens with one attached hydrogen (secondary N) is 2. The summed E-state index contributed by atoms with van der Waals surface area (Å²) < 4.78 is 0. The third-order valence-electron chi connectivity index (χ3n) is 3.49. The van der Waals surface area contributed by atoms with E-state index in [-0.39, 0.29) is 6.04 Å². The first-order valence-electron chi connectivity index (χ1n) is 6.38. The van der Waals surface area contributed by atoms with Crippen LogP contribution in [0.2, 0.25) is 0 Å². The monoisotopic (exact) mass is 251 g/mol. The number of para-hydroxylation sites is 1. The van der Waals surface area contributed by atoms with E-state index in [1.54, 1.807) is 0 Å². The Hall–Kier alpha value is -2.26. The SMILES string of the molecule is CNC(c1ccc(N)cc1)c1c[nH]c2ccccc12. The van der Waals surface area contributed by atoms with Crippen LogP contribution in [0.3, 0.4) is 0 Å². The molecule has 19 heavy (non-hydrogen) atoms. The predicted molar refractivity (Wildman–Crippen MR) is 80.1 cm³/mol. The van der Waals surface area contributed by atoms with Crippen LogP contribution in [0.15, 0.2) is 54.7 Å². The summed E-state index contributed by atoms with van der Waals surface area (Å²) in [5.74, 6) is 0. The number of aromatic nitrogens is 1. The second-order valence-corrected chi connectivity index (χ2v) is 4.68. The summed E-state index contributed by atoms with van der Waals surface area (Å²) in [4.78, 5) is 3.32. The third kappa shape index (κ3) is 2.09. The zero-order chi connectivity index (χ0) is 13.2. The highest BCUT2D eigenvalue weighted by atomic mass is 14.9. The molecule has 0 aliphatic heterocycles. The fourth-order valence-electron chi connectivity index (χ4n) is 2.52. The van der Waals surface area contributed by atoms with Crippen molar-refractivity contribution in [2.45, 2.75) is 6.04 Å². The molecule has 96 valence electrons. The quantitative estimate of drug-likeness (QED) is 0.627. The minimum Gasteiger partial charge on any atom is -0.399 e. The molecule has 0 aliphatic rings. The molecule has 1 aromatic heterocycles. The number of H-pyrrole nitrogens is 1. The molecule has 0 aliphatic carbocycles. The van der Waals surface area contributed by atoms with Gasteiger partial charge >= 0.3 is 0 Å². The summed E-state index contributed by atoms with van der Waals surface area (Å²) >= 11 is 0. The normalized spacial score (nSPS) is 12.7. The van der Waals surface area contributed by atoms with Crippen molar-refractivity contribution in [2.75, 3.05) is 12.8 Å². The van der Waals surface area contributed by atoms with Gasteiger partial charge in [-0.1, -0.05) is 30.3 Å². The number of nitrogens with two attached hydrogens (primary N) is 1. The first-order chi connectivity index (χ1) is 9.29. The summed E-state index contributed by atoms with van der Waals surface area (Å²) in [5, 5.41) is 4.62. The third-order valence-corrected chi connectivity index (χ3v) is 3.49. The van der Waals surface area contributed by atoms with Crippen LogP contribution in [-0.2, 0) is 0 Å². The Balaban J connectivity index is 2.09. The van der Waals surface area contributed by atoms with Gasteiger partial charge in [0.05, 0.1) is 6.04 Å². The van der Waals surface area contributed by atoms with Crippen LogP contribution in [0.4, 0.5) is 5.69 Å². The highest BCUT2D eigenvalue weighted by molar-refractivity contribution is 5.84. The summed E-state index contributed by atoms with van der Waals surface area (Å²) in [5.41, 5.74) is 10.2. The largest absolute Gasteiger partial charge is 0.399 e. The van der Waals surface area contributed by atoms with Crippen molar-refractivity contribution in [3.05, 3.63) is 65.9 Å². The van der Waals surface area contributed by atoms with Gasteiger partial charge in [-0.25, -0.2) is 0 Å². The van der Waals surface area contributed by atoms with Crippen molar-refractivity contribution in [1.29, 1.82) is 0 Å². The molecule has 0 amide bonds. The van der Waals surface area contributed by atoms with E-state index in [1.807, 2.05) is 25.2 Å². The first kappa shape index (κ1) is 11.8. The van der Waals surface area contributed by atoms with Crippen LogP contribution in [0.25, 0.3) is 10.9 Å². The summed E-state index contributed by atoms with van der Waals surface area (Å²) in [6.07, 6.45) is 2.07. The maximum Gasteiger partial charge on any atom is 0.0595 e. The van der Waals surface area contributed by atoms with Gasteiger partial charge in [-0.3, -0.25) is 0 Å². The van der Waals surface area contributed by atoms with Crippen LogP contribution >= 0.6 is 0 Å². The van der Waals surface area contributed by atoms with Crippen molar-refractivity contribution in [3.63, 3.8) is 0 Å². The van der Waals surface area contributed by atoms with Crippen molar-refractivity contribution in [2.24, 2.45) is 0 Å². The fraction of sp³-hybridized carbons (Fsp3) is 0.125. The van der Waals surface area contributed by atoms with Gasteiger partial charge in [-0.15, -0.1) is 0 Å². The van der Waals surface area contributed by atoms with Gasteiger partial charge in [0.15, 0.2) is 0 Å². The Morgan fingerprint density at radius 2 is 1.79 bits per heavy atom. The lowest BCUT2D eigenvalue weighted by atomic mass is 9.98. The zero-order valence-corrected chi connectivity index (χ0v) is 10.9. The molecule has 1 atom stereocenters. The Labute approximate surface area is 112 Å². The van der Waals surface area contributed by atoms with E-state index in [4.69, 9.17) is 5.73 Å². The number of benzene rings is 2. The van der Waals surface area contributed by atoms with Crippen molar-refractivity contribution >= 4 is 16.6 Å². The number of aromatic amines is 1. The number of hydrogen-bond acceptors (Lipinski definition) is 2. The van der Waals surface area contributed by atoms with Crippen molar-refractivity contribution < 1.29 is 0 Å². The van der Waals surface area contributed by atoms with Gasteiger partial charge in [0.2, 0.25) is 0 Å². The lowest BCUT2D eigenvalue weighted by Crippen LogP contribution is -2.17. The van der Waals surface area contributed by atoms with Gasteiger partial charge in [0, 0.05) is 22.8 Å². The van der Waals surface area contributed by atoms with Crippen LogP contribution in [-0.4, -0.2) is 12.0 Å². The van der Waals surface area contributed by atoms with Crippen LogP contribution in [0, 0.1) is 0 Å². The van der Waals surface area contributed by atoms with Crippen molar-refractivity contribution in [3.8, 4) is 0 Å². The number of rotatable bonds is 3. The van der Waals surface area contributed by atoms with Gasteiger partial charge in [0.25, 0.3) is 0 Å². The van der Waals surface area contributed by atoms with E-state index in [0.29, 0.717) is 0 Å². The van der Waals surface area contributed by atoms with E-state index >= 15 is 0 Å². The predicted octanol–water partition coefficient (Wildman–Crippen LogP) is 3.06. The maximum absolute atomic E-state index is 5.75. The van der Waals surface area contributed by atoms with Crippen LogP contribution in [0.5, 0.6) is 0 Å². The minimum atomic E-state index is 0.164. The number of nitrogen functional groups attached to an aromatic ring is 1. The Bertz CT molecular complexity index is 683. The molecule has 1 heterocycles. The van der Waals surface area contributed by atoms with Crippen LogP contribution < -0.4 is 11.1 Å². The molecule has 0 saturated heterocycles. The van der Waals surface area contributed by atoms with E-state index in [1.165, 1.54) is 16.5 Å². The summed E-state index contributed by atoms with van der Waals surface area (Å²) in [6.45, 7) is 0. The van der Waals surface area contributed by atoms with Crippen LogP contribution in [0.1, 0.15) is 17.2 Å². The van der Waals surface area contributed by atoms with Gasteiger partial charge in [-0.05, 0) is 36.4 Å². The zero-order valence-electron chi connectivity index (χ0n) is 10.9. The maximum atomic E-state index is 5.75. The molecule has 3 aromatic rings. The standard InChI is InChI=1S/C16H17N3/c1-18-16(11-6-8-12(17)9-7-11)14-10-19-15-5-3-2-4-13(14)15/h2-10,16,18-19H,17H2,1H3. The molecule has 4 N–H and O–H groups in total. The number of hydrogen-bond donors (Lipinski definition) is 3. The molecule has 2 aromatic carbocycles. The Morgan fingerprint density at radius 3 is 2.53 bits per heavy atom. The molecular formula is C16H17N3. The number of anilines is 1. The molecule has 0 saturated carbocycles. The van der Waals surface area contributed by atoms with E-state index in [0.717, 1.165) is 11.2 Å². The lowest BCUT2D eigenvalue weighted by molar-refractivity contribution is 0.697. The first-order valence-corrected chi connectivity index (χ1v) is 6.38. The second-order valence-electron chi connectivity index (χ2n) is 4.68. The Morgan fingerprint density at radius 1 is 1.05 bits per heavy atom. The summed E-state index contributed by atoms with van der Waals surface area (Å²) in [6, 6.07) is 16.5. The van der Waals surface area contributed by atoms with Crippen molar-refractivity contribution in [1.82, 2.24) is 10.3 Å².